The summed E-state index contributed by atoms with van der Waals surface area (Å²) < 4.78 is 6.44. The molecule has 1 fully saturated rings. The maximum absolute atomic E-state index is 10.2. The number of ether oxygens (including phenoxy) is 1. The Morgan fingerprint density at radius 1 is 1.48 bits per heavy atom. The summed E-state index contributed by atoms with van der Waals surface area (Å²) in [5.41, 5.74) is 1.39. The van der Waals surface area contributed by atoms with Crippen molar-refractivity contribution >= 4 is 17.9 Å². The van der Waals surface area contributed by atoms with E-state index in [1.165, 1.54) is 0 Å². The Kier molecular flexibility index (Phi) is 5.03. The Balaban J connectivity index is 2.26. The monoisotopic (exact) mass is 311 g/mol. The lowest BCUT2D eigenvalue weighted by atomic mass is 10.00. The molecule has 0 bridgehead atoms. The first kappa shape index (κ1) is 16.4. The van der Waals surface area contributed by atoms with Crippen LogP contribution in [-0.4, -0.2) is 60.5 Å². The number of H-pyrrole nitrogens is 1. The summed E-state index contributed by atoms with van der Waals surface area (Å²) in [6.45, 7) is 6.49. The van der Waals surface area contributed by atoms with Crippen molar-refractivity contribution in [3.8, 4) is 0 Å². The number of anilines is 1. The van der Waals surface area contributed by atoms with E-state index in [0.717, 1.165) is 29.1 Å². The fourth-order valence-corrected chi connectivity index (χ4v) is 2.73. The highest BCUT2D eigenvalue weighted by Gasteiger charge is 2.33. The van der Waals surface area contributed by atoms with Crippen molar-refractivity contribution < 1.29 is 9.84 Å². The van der Waals surface area contributed by atoms with E-state index in [4.69, 9.17) is 17.0 Å². The van der Waals surface area contributed by atoms with Gasteiger partial charge in [-0.3, -0.25) is 0 Å². The second-order valence-electron chi connectivity index (χ2n) is 6.38. The van der Waals surface area contributed by atoms with E-state index in [1.807, 2.05) is 20.2 Å². The Labute approximate surface area is 131 Å². The van der Waals surface area contributed by atoms with Gasteiger partial charge in [-0.2, -0.15) is 0 Å². The quantitative estimate of drug-likeness (QED) is 0.830. The minimum Gasteiger partial charge on any atom is -0.388 e. The first-order valence-electron chi connectivity index (χ1n) is 7.23. The zero-order chi connectivity index (χ0) is 15.6. The van der Waals surface area contributed by atoms with Crippen LogP contribution in [0.5, 0.6) is 0 Å². The number of nitrogens with one attached hydrogen (secondary N) is 1. The van der Waals surface area contributed by atoms with Gasteiger partial charge in [-0.05, 0) is 40.1 Å². The van der Waals surface area contributed by atoms with Gasteiger partial charge in [0.2, 0.25) is 0 Å². The molecule has 21 heavy (non-hydrogen) atoms. The Hall–Kier alpha value is -0.950. The molecule has 0 spiro atoms. The molecular weight excluding hydrogens is 286 g/mol. The zero-order valence-electron chi connectivity index (χ0n) is 13.2. The summed E-state index contributed by atoms with van der Waals surface area (Å²) in [6, 6.07) is 3.98. The van der Waals surface area contributed by atoms with Crippen LogP contribution in [0.25, 0.3) is 0 Å². The van der Waals surface area contributed by atoms with Gasteiger partial charge in [0.1, 0.15) is 10.7 Å². The maximum atomic E-state index is 10.2. The standard InChI is InChI=1S/C15H25N3O2S/c1-15(2,19)13-10-18(7-8-20-13)12-5-6-14(21)16-11(12)9-17(3)4/h5-6,13,19H,7-10H2,1-4H3,(H,16,21)/t13-/m0/s1. The molecule has 1 aliphatic rings. The van der Waals surface area contributed by atoms with Crippen LogP contribution in [-0.2, 0) is 11.3 Å². The topological polar surface area (TPSA) is 51.7 Å². The van der Waals surface area contributed by atoms with Crippen molar-refractivity contribution in [1.29, 1.82) is 0 Å². The van der Waals surface area contributed by atoms with E-state index >= 15 is 0 Å². The van der Waals surface area contributed by atoms with Crippen LogP contribution in [0.3, 0.4) is 0 Å². The highest BCUT2D eigenvalue weighted by Crippen LogP contribution is 2.25. The summed E-state index contributed by atoms with van der Waals surface area (Å²) in [5, 5.41) is 10.2. The molecule has 0 aromatic carbocycles. The number of hydrogen-bond acceptors (Lipinski definition) is 5. The SMILES string of the molecule is CN(C)Cc1[nH]c(=S)ccc1N1CCO[C@H](C(C)(C)O)C1. The van der Waals surface area contributed by atoms with Crippen LogP contribution >= 0.6 is 12.2 Å². The largest absolute Gasteiger partial charge is 0.388 e. The van der Waals surface area contributed by atoms with Crippen molar-refractivity contribution in [2.24, 2.45) is 0 Å². The van der Waals surface area contributed by atoms with Crippen molar-refractivity contribution in [2.45, 2.75) is 32.1 Å². The molecule has 0 amide bonds. The zero-order valence-corrected chi connectivity index (χ0v) is 14.0. The van der Waals surface area contributed by atoms with Gasteiger partial charge in [-0.1, -0.05) is 12.2 Å². The third-order valence-electron chi connectivity index (χ3n) is 3.65. The highest BCUT2D eigenvalue weighted by atomic mass is 32.1. The molecule has 0 aliphatic carbocycles. The molecule has 0 radical (unpaired) electrons. The summed E-state index contributed by atoms with van der Waals surface area (Å²) in [6.07, 6.45) is -0.193. The third-order valence-corrected chi connectivity index (χ3v) is 3.88. The number of aliphatic hydroxyl groups is 1. The normalized spacial score (nSPS) is 20.1. The lowest BCUT2D eigenvalue weighted by Gasteiger charge is -2.40. The smallest absolute Gasteiger partial charge is 0.103 e. The van der Waals surface area contributed by atoms with Gasteiger partial charge >= 0.3 is 0 Å². The Bertz CT molecular complexity index is 536. The predicted molar refractivity (Wildman–Crippen MR) is 87.3 cm³/mol. The van der Waals surface area contributed by atoms with Crippen molar-refractivity contribution in [1.82, 2.24) is 9.88 Å². The average Bonchev–Trinajstić information content (AvgIpc) is 2.37. The number of pyridine rings is 1. The van der Waals surface area contributed by atoms with Crippen LogP contribution in [0, 0.1) is 4.64 Å². The minimum absolute atomic E-state index is 0.193. The lowest BCUT2D eigenvalue weighted by molar-refractivity contribution is -0.0928. The summed E-state index contributed by atoms with van der Waals surface area (Å²) in [5.74, 6) is 0. The summed E-state index contributed by atoms with van der Waals surface area (Å²) in [7, 11) is 4.07. The van der Waals surface area contributed by atoms with E-state index in [-0.39, 0.29) is 6.10 Å². The van der Waals surface area contributed by atoms with Gasteiger partial charge in [-0.25, -0.2) is 0 Å². The molecule has 2 heterocycles. The molecule has 1 aromatic heterocycles. The summed E-state index contributed by atoms with van der Waals surface area (Å²) >= 11 is 5.24. The molecule has 2 N–H and O–H groups in total. The molecule has 1 aromatic rings. The Morgan fingerprint density at radius 2 is 2.19 bits per heavy atom. The van der Waals surface area contributed by atoms with E-state index in [9.17, 15) is 5.11 Å². The fraction of sp³-hybridized carbons (Fsp3) is 0.667. The molecular formula is C15H25N3O2S. The van der Waals surface area contributed by atoms with Crippen molar-refractivity contribution in [3.63, 3.8) is 0 Å². The van der Waals surface area contributed by atoms with Crippen LogP contribution in [0.2, 0.25) is 0 Å². The van der Waals surface area contributed by atoms with Crippen LogP contribution in [0.15, 0.2) is 12.1 Å². The second-order valence-corrected chi connectivity index (χ2v) is 6.82. The molecule has 118 valence electrons. The summed E-state index contributed by atoms with van der Waals surface area (Å²) in [4.78, 5) is 7.66. The van der Waals surface area contributed by atoms with E-state index in [2.05, 4.69) is 20.9 Å². The van der Waals surface area contributed by atoms with Gasteiger partial charge in [0.25, 0.3) is 0 Å². The molecule has 0 unspecified atom stereocenters. The molecule has 0 saturated carbocycles. The minimum atomic E-state index is -0.845. The average molecular weight is 311 g/mol. The number of nitrogens with zero attached hydrogens (tertiary/aromatic N) is 2. The van der Waals surface area contributed by atoms with Gasteiger partial charge in [0, 0.05) is 19.6 Å². The first-order chi connectivity index (χ1) is 9.77. The molecule has 1 aliphatic heterocycles. The van der Waals surface area contributed by atoms with Crippen LogP contribution in [0.4, 0.5) is 5.69 Å². The second kappa shape index (κ2) is 6.44. The van der Waals surface area contributed by atoms with Gasteiger partial charge in [0.15, 0.2) is 0 Å². The van der Waals surface area contributed by atoms with Crippen molar-refractivity contribution in [3.05, 3.63) is 22.5 Å². The van der Waals surface area contributed by atoms with E-state index < -0.39 is 5.60 Å². The van der Waals surface area contributed by atoms with Crippen molar-refractivity contribution in [2.75, 3.05) is 38.7 Å². The number of aromatic nitrogens is 1. The lowest BCUT2D eigenvalue weighted by Crippen LogP contribution is -2.52. The number of morpholine rings is 1. The highest BCUT2D eigenvalue weighted by molar-refractivity contribution is 7.71. The maximum Gasteiger partial charge on any atom is 0.103 e. The molecule has 2 rings (SSSR count). The van der Waals surface area contributed by atoms with Crippen LogP contribution < -0.4 is 4.90 Å². The predicted octanol–water partition coefficient (Wildman–Crippen LogP) is 1.78. The molecule has 1 atom stereocenters. The van der Waals surface area contributed by atoms with E-state index in [1.54, 1.807) is 13.8 Å². The Morgan fingerprint density at radius 3 is 2.81 bits per heavy atom. The molecule has 6 heteroatoms. The number of hydrogen-bond donors (Lipinski definition) is 2. The fourth-order valence-electron chi connectivity index (χ4n) is 2.54. The van der Waals surface area contributed by atoms with Gasteiger partial charge < -0.3 is 24.6 Å². The third kappa shape index (κ3) is 4.26. The number of rotatable bonds is 4. The number of aromatic amines is 1. The van der Waals surface area contributed by atoms with Gasteiger partial charge in [0.05, 0.1) is 23.6 Å². The van der Waals surface area contributed by atoms with Gasteiger partial charge in [-0.15, -0.1) is 0 Å². The molecule has 5 nitrogen and oxygen atoms in total. The van der Waals surface area contributed by atoms with E-state index in [0.29, 0.717) is 13.2 Å². The first-order valence-corrected chi connectivity index (χ1v) is 7.64. The van der Waals surface area contributed by atoms with Crippen LogP contribution in [0.1, 0.15) is 19.5 Å². The molecule has 1 saturated heterocycles.